The molecular formula is C26H38ClN5OSi. The van der Waals surface area contributed by atoms with Crippen molar-refractivity contribution in [2.45, 2.75) is 58.3 Å². The van der Waals surface area contributed by atoms with Gasteiger partial charge in [0.15, 0.2) is 0 Å². The summed E-state index contributed by atoms with van der Waals surface area (Å²) >= 11 is 6.42. The van der Waals surface area contributed by atoms with E-state index in [1.807, 2.05) is 10.8 Å². The first-order chi connectivity index (χ1) is 16.2. The molecule has 0 saturated carbocycles. The molecule has 6 nitrogen and oxygen atoms in total. The Hall–Kier alpha value is -1.93. The maximum Gasteiger partial charge on any atom is 0.226 e. The molecule has 2 unspecified atom stereocenters. The van der Waals surface area contributed by atoms with Gasteiger partial charge in [-0.25, -0.2) is 0 Å². The minimum absolute atomic E-state index is 0.279. The molecule has 1 fully saturated rings. The predicted octanol–water partition coefficient (Wildman–Crippen LogP) is 5.74. The molecule has 184 valence electrons. The van der Waals surface area contributed by atoms with Gasteiger partial charge in [-0.05, 0) is 48.2 Å². The maximum absolute atomic E-state index is 6.42. The number of ether oxygens (including phenoxy) is 1. The third-order valence-corrected chi connectivity index (χ3v) is 8.75. The van der Waals surface area contributed by atoms with Gasteiger partial charge in [-0.1, -0.05) is 56.9 Å². The van der Waals surface area contributed by atoms with Gasteiger partial charge < -0.3 is 14.2 Å². The third kappa shape index (κ3) is 6.19. The molecule has 3 heterocycles. The van der Waals surface area contributed by atoms with E-state index in [1.165, 1.54) is 5.56 Å². The first kappa shape index (κ1) is 25.2. The van der Waals surface area contributed by atoms with Crippen molar-refractivity contribution in [3.63, 3.8) is 0 Å². The van der Waals surface area contributed by atoms with Crippen molar-refractivity contribution in [2.24, 2.45) is 5.92 Å². The predicted molar refractivity (Wildman–Crippen MR) is 144 cm³/mol. The largest absolute Gasteiger partial charge is 0.361 e. The Morgan fingerprint density at radius 1 is 1.15 bits per heavy atom. The topological polar surface area (TPSA) is 46.4 Å². The van der Waals surface area contributed by atoms with Crippen LogP contribution in [0.4, 0.5) is 5.82 Å². The van der Waals surface area contributed by atoms with Gasteiger partial charge in [0.2, 0.25) is 5.28 Å². The summed E-state index contributed by atoms with van der Waals surface area (Å²) in [5.74, 6) is 1.46. The molecule has 0 N–H and O–H groups in total. The van der Waals surface area contributed by atoms with E-state index in [9.17, 15) is 0 Å². The Labute approximate surface area is 209 Å². The van der Waals surface area contributed by atoms with Crippen molar-refractivity contribution in [3.05, 3.63) is 53.4 Å². The number of halogens is 1. The van der Waals surface area contributed by atoms with Gasteiger partial charge >= 0.3 is 0 Å². The molecule has 0 amide bonds. The van der Waals surface area contributed by atoms with Crippen molar-refractivity contribution < 1.29 is 4.74 Å². The van der Waals surface area contributed by atoms with Gasteiger partial charge in [-0.3, -0.25) is 4.90 Å². The third-order valence-electron chi connectivity index (χ3n) is 6.88. The molecule has 1 aliphatic heterocycles. The fraction of sp³-hybridized carbons (Fsp3) is 0.538. The van der Waals surface area contributed by atoms with Crippen LogP contribution in [0.15, 0.2) is 42.6 Å². The average Bonchev–Trinajstić information content (AvgIpc) is 3.19. The van der Waals surface area contributed by atoms with Crippen LogP contribution < -0.4 is 4.90 Å². The van der Waals surface area contributed by atoms with E-state index in [-0.39, 0.29) is 5.28 Å². The van der Waals surface area contributed by atoms with Gasteiger partial charge in [0, 0.05) is 47.1 Å². The average molecular weight is 500 g/mol. The number of rotatable bonds is 9. The van der Waals surface area contributed by atoms with E-state index >= 15 is 0 Å². The Morgan fingerprint density at radius 3 is 2.65 bits per heavy atom. The fourth-order valence-electron chi connectivity index (χ4n) is 4.70. The van der Waals surface area contributed by atoms with Gasteiger partial charge in [-0.2, -0.15) is 9.97 Å². The van der Waals surface area contributed by atoms with Crippen molar-refractivity contribution in [2.75, 3.05) is 31.6 Å². The van der Waals surface area contributed by atoms with Crippen LogP contribution in [-0.4, -0.2) is 60.3 Å². The molecule has 1 aliphatic rings. The zero-order chi connectivity index (χ0) is 24.3. The molecule has 0 aliphatic carbocycles. The lowest BCUT2D eigenvalue weighted by molar-refractivity contribution is 0.0899. The van der Waals surface area contributed by atoms with Crippen LogP contribution in [0.5, 0.6) is 0 Å². The van der Waals surface area contributed by atoms with E-state index in [2.05, 4.69) is 89.8 Å². The van der Waals surface area contributed by atoms with Gasteiger partial charge in [0.05, 0.1) is 5.39 Å². The maximum atomic E-state index is 6.42. The van der Waals surface area contributed by atoms with Crippen LogP contribution in [-0.2, 0) is 18.0 Å². The first-order valence-electron chi connectivity index (χ1n) is 12.3. The van der Waals surface area contributed by atoms with E-state index in [1.54, 1.807) is 0 Å². The minimum atomic E-state index is -1.11. The molecule has 3 aromatic rings. The minimum Gasteiger partial charge on any atom is -0.361 e. The fourth-order valence-corrected chi connectivity index (χ4v) is 5.62. The Balaban J connectivity index is 1.50. The summed E-state index contributed by atoms with van der Waals surface area (Å²) in [6.45, 7) is 13.8. The van der Waals surface area contributed by atoms with Crippen molar-refractivity contribution in [1.82, 2.24) is 19.4 Å². The molecule has 0 bridgehead atoms. The number of fused-ring (bicyclic) bond motifs is 1. The van der Waals surface area contributed by atoms with Crippen molar-refractivity contribution >= 4 is 36.5 Å². The molecule has 1 aromatic carbocycles. The molecular weight excluding hydrogens is 462 g/mol. The SMILES string of the molecule is CC1CCN(Cc2ccccc2)CC1N(C)c1nc(Cl)nc2c1ccn2COCC[Si](C)(C)C. The summed E-state index contributed by atoms with van der Waals surface area (Å²) in [5.41, 5.74) is 2.19. The lowest BCUT2D eigenvalue weighted by Gasteiger charge is -2.42. The summed E-state index contributed by atoms with van der Waals surface area (Å²) in [7, 11) is 1.03. The van der Waals surface area contributed by atoms with Crippen molar-refractivity contribution in [3.8, 4) is 0 Å². The highest BCUT2D eigenvalue weighted by Crippen LogP contribution is 2.31. The zero-order valence-electron chi connectivity index (χ0n) is 21.2. The highest BCUT2D eigenvalue weighted by Gasteiger charge is 2.31. The molecule has 0 radical (unpaired) electrons. The van der Waals surface area contributed by atoms with E-state index in [0.29, 0.717) is 18.7 Å². The molecule has 8 heteroatoms. The normalized spacial score (nSPS) is 19.6. The van der Waals surface area contributed by atoms with Crippen LogP contribution in [0.3, 0.4) is 0 Å². The highest BCUT2D eigenvalue weighted by atomic mass is 35.5. The number of benzene rings is 1. The number of nitrogens with zero attached hydrogens (tertiary/aromatic N) is 5. The van der Waals surface area contributed by atoms with Crippen LogP contribution in [0, 0.1) is 5.92 Å². The zero-order valence-corrected chi connectivity index (χ0v) is 22.9. The monoisotopic (exact) mass is 499 g/mol. The van der Waals surface area contributed by atoms with Crippen LogP contribution in [0.1, 0.15) is 18.9 Å². The van der Waals surface area contributed by atoms with Crippen LogP contribution in [0.2, 0.25) is 31.0 Å². The number of hydrogen-bond acceptors (Lipinski definition) is 5. The number of hydrogen-bond donors (Lipinski definition) is 0. The lowest BCUT2D eigenvalue weighted by atomic mass is 9.92. The smallest absolute Gasteiger partial charge is 0.226 e. The first-order valence-corrected chi connectivity index (χ1v) is 16.4. The number of likely N-dealkylation sites (tertiary alicyclic amines) is 1. The Bertz CT molecular complexity index is 1080. The van der Waals surface area contributed by atoms with E-state index in [0.717, 1.165) is 55.6 Å². The van der Waals surface area contributed by atoms with Gasteiger partial charge in [-0.15, -0.1) is 0 Å². The van der Waals surface area contributed by atoms with E-state index < -0.39 is 8.07 Å². The Kier molecular flexibility index (Phi) is 7.97. The van der Waals surface area contributed by atoms with Crippen molar-refractivity contribution in [1.29, 1.82) is 0 Å². The van der Waals surface area contributed by atoms with Crippen LogP contribution in [0.25, 0.3) is 11.0 Å². The second-order valence-corrected chi connectivity index (χ2v) is 16.8. The summed E-state index contributed by atoms with van der Waals surface area (Å²) in [4.78, 5) is 14.1. The number of likely N-dealkylation sites (N-methyl/N-ethyl adjacent to an activating group) is 1. The van der Waals surface area contributed by atoms with Gasteiger partial charge in [0.1, 0.15) is 18.2 Å². The number of anilines is 1. The summed E-state index contributed by atoms with van der Waals surface area (Å²) in [6.07, 6.45) is 3.20. The van der Waals surface area contributed by atoms with Gasteiger partial charge in [0.25, 0.3) is 0 Å². The second-order valence-electron chi connectivity index (χ2n) is 10.9. The molecule has 2 atom stereocenters. The lowest BCUT2D eigenvalue weighted by Crippen LogP contribution is -2.50. The van der Waals surface area contributed by atoms with E-state index in [4.69, 9.17) is 16.3 Å². The molecule has 2 aromatic heterocycles. The molecule has 4 rings (SSSR count). The quantitative estimate of drug-likeness (QED) is 0.213. The number of piperidine rings is 1. The summed E-state index contributed by atoms with van der Waals surface area (Å²) < 4.78 is 8.02. The molecule has 1 saturated heterocycles. The Morgan fingerprint density at radius 2 is 1.91 bits per heavy atom. The summed E-state index contributed by atoms with van der Waals surface area (Å²) in [6, 6.07) is 14.3. The molecule has 0 spiro atoms. The number of aromatic nitrogens is 3. The highest BCUT2D eigenvalue weighted by molar-refractivity contribution is 6.76. The molecule has 34 heavy (non-hydrogen) atoms. The summed E-state index contributed by atoms with van der Waals surface area (Å²) in [5, 5.41) is 1.30. The van der Waals surface area contributed by atoms with Crippen LogP contribution >= 0.6 is 11.6 Å². The second kappa shape index (κ2) is 10.8. The standard InChI is InChI=1S/C26H38ClN5OSi/c1-20-11-13-31(17-21-9-7-6-8-10-21)18-23(20)30(2)24-22-12-14-32(25(22)29-26(27)28-24)19-33-15-16-34(3,4)5/h6-10,12,14,20,23H,11,13,15-19H2,1-5H3.